The lowest BCUT2D eigenvalue weighted by molar-refractivity contribution is 0.475. The first-order valence-electron chi connectivity index (χ1n) is 7.86. The van der Waals surface area contributed by atoms with Gasteiger partial charge in [0, 0.05) is 21.5 Å². The Labute approximate surface area is 158 Å². The van der Waals surface area contributed by atoms with Gasteiger partial charge in [-0.15, -0.1) is 11.3 Å². The van der Waals surface area contributed by atoms with E-state index >= 15 is 0 Å². The van der Waals surface area contributed by atoms with Gasteiger partial charge in [0.2, 0.25) is 4.80 Å². The molecule has 0 spiro atoms. The van der Waals surface area contributed by atoms with Crippen molar-refractivity contribution in [3.63, 3.8) is 0 Å². The van der Waals surface area contributed by atoms with Crippen LogP contribution >= 0.6 is 27.3 Å². The van der Waals surface area contributed by atoms with E-state index in [1.807, 2.05) is 48.9 Å². The second-order valence-corrected chi connectivity index (χ2v) is 7.54. The number of rotatable bonds is 4. The third kappa shape index (κ3) is 4.46. The van der Waals surface area contributed by atoms with Crippen LogP contribution in [0.4, 0.5) is 0 Å². The summed E-state index contributed by atoms with van der Waals surface area (Å²) in [5, 5.41) is 16.3. The topological polar surface area (TPSA) is 49.9 Å². The predicted molar refractivity (Wildman–Crippen MR) is 107 cm³/mol. The lowest BCUT2D eigenvalue weighted by atomic mass is 10.2. The monoisotopic (exact) mass is 415 g/mol. The second-order valence-electron chi connectivity index (χ2n) is 5.78. The molecule has 3 aromatic rings. The van der Waals surface area contributed by atoms with Crippen molar-refractivity contribution >= 4 is 33.5 Å². The molecule has 128 valence electrons. The Bertz CT molecular complexity index is 955. The lowest BCUT2D eigenvalue weighted by Gasteiger charge is -2.04. The van der Waals surface area contributed by atoms with Gasteiger partial charge in [0.25, 0.3) is 0 Å². The molecule has 0 bridgehead atoms. The van der Waals surface area contributed by atoms with Gasteiger partial charge in [0.15, 0.2) is 0 Å². The van der Waals surface area contributed by atoms with E-state index in [1.54, 1.807) is 35.8 Å². The van der Waals surface area contributed by atoms with Crippen LogP contribution < -0.4 is 4.80 Å². The molecule has 3 rings (SSSR count). The zero-order chi connectivity index (χ0) is 17.8. The Morgan fingerprint density at radius 2 is 1.92 bits per heavy atom. The molecule has 2 aromatic carbocycles. The molecule has 0 unspecified atom stereocenters. The maximum absolute atomic E-state index is 9.61. The van der Waals surface area contributed by atoms with Crippen LogP contribution in [0.3, 0.4) is 0 Å². The number of thiazole rings is 1. The zero-order valence-corrected chi connectivity index (χ0v) is 16.3. The first kappa shape index (κ1) is 17.6. The number of nitrogens with zero attached hydrogens (tertiary/aromatic N) is 3. The summed E-state index contributed by atoms with van der Waals surface area (Å²) < 4.78 is 2.88. The van der Waals surface area contributed by atoms with E-state index in [4.69, 9.17) is 0 Å². The molecule has 0 saturated carbocycles. The molecule has 25 heavy (non-hydrogen) atoms. The summed E-state index contributed by atoms with van der Waals surface area (Å²) in [6, 6.07) is 15.3. The molecule has 1 aromatic heterocycles. The van der Waals surface area contributed by atoms with Crippen molar-refractivity contribution in [3.8, 4) is 17.0 Å². The number of aromatic nitrogens is 1. The Balaban J connectivity index is 2.08. The Morgan fingerprint density at radius 1 is 1.16 bits per heavy atom. The number of benzene rings is 2. The quantitative estimate of drug-likeness (QED) is 0.606. The normalized spacial score (nSPS) is 12.4. The van der Waals surface area contributed by atoms with Gasteiger partial charge in [0.05, 0.1) is 11.9 Å². The summed E-state index contributed by atoms with van der Waals surface area (Å²) in [5.74, 6) is 0.222. The van der Waals surface area contributed by atoms with E-state index in [9.17, 15) is 5.11 Å². The van der Waals surface area contributed by atoms with Crippen molar-refractivity contribution in [1.29, 1.82) is 0 Å². The largest absolute Gasteiger partial charge is 0.508 e. The average molecular weight is 416 g/mol. The van der Waals surface area contributed by atoms with E-state index in [0.717, 1.165) is 26.1 Å². The van der Waals surface area contributed by atoms with Gasteiger partial charge in [-0.3, -0.25) is 4.99 Å². The maximum atomic E-state index is 9.61. The van der Waals surface area contributed by atoms with Gasteiger partial charge in [0.1, 0.15) is 5.75 Å². The van der Waals surface area contributed by atoms with Gasteiger partial charge in [-0.1, -0.05) is 40.2 Å². The van der Waals surface area contributed by atoms with Crippen molar-refractivity contribution in [2.24, 2.45) is 10.1 Å². The number of hydrogen-bond donors (Lipinski definition) is 1. The maximum Gasteiger partial charge on any atom is 0.206 e. The highest BCUT2D eigenvalue weighted by molar-refractivity contribution is 9.10. The number of phenols is 1. The van der Waals surface area contributed by atoms with E-state index in [1.165, 1.54) is 0 Å². The first-order valence-corrected chi connectivity index (χ1v) is 9.54. The number of phenolic OH excluding ortho intramolecular Hbond substituents is 1. The number of aromatic hydroxyl groups is 1. The summed E-state index contributed by atoms with van der Waals surface area (Å²) in [4.78, 5) is 5.50. The smallest absolute Gasteiger partial charge is 0.206 e. The Morgan fingerprint density at radius 3 is 2.60 bits per heavy atom. The number of halogens is 1. The molecule has 1 N–H and O–H groups in total. The van der Waals surface area contributed by atoms with Gasteiger partial charge < -0.3 is 5.11 Å². The standard InChI is InChI=1S/C19H18BrN3OS/c1-13(2)22-19-23(21-11-14-4-3-5-17(24)10-14)18(12-25-19)15-6-8-16(20)9-7-15/h3-13,24H,1-2H3. The summed E-state index contributed by atoms with van der Waals surface area (Å²) in [6.07, 6.45) is 1.73. The van der Waals surface area contributed by atoms with Crippen LogP contribution in [0.5, 0.6) is 5.75 Å². The second kappa shape index (κ2) is 7.80. The minimum absolute atomic E-state index is 0.179. The van der Waals surface area contributed by atoms with Crippen LogP contribution in [0.1, 0.15) is 19.4 Å². The van der Waals surface area contributed by atoms with Crippen LogP contribution in [0.2, 0.25) is 0 Å². The molecule has 4 nitrogen and oxygen atoms in total. The van der Waals surface area contributed by atoms with E-state index < -0.39 is 0 Å². The fraction of sp³-hybridized carbons (Fsp3) is 0.158. The SMILES string of the molecule is CC(C)N=c1scc(-c2ccc(Br)cc2)n1N=Cc1cccc(O)c1. The molecule has 0 aliphatic carbocycles. The van der Waals surface area contributed by atoms with E-state index in [-0.39, 0.29) is 11.8 Å². The van der Waals surface area contributed by atoms with E-state index in [2.05, 4.69) is 31.4 Å². The van der Waals surface area contributed by atoms with Gasteiger partial charge in [-0.25, -0.2) is 4.68 Å². The van der Waals surface area contributed by atoms with Gasteiger partial charge >= 0.3 is 0 Å². The highest BCUT2D eigenvalue weighted by atomic mass is 79.9. The highest BCUT2D eigenvalue weighted by Crippen LogP contribution is 2.22. The fourth-order valence-corrected chi connectivity index (χ4v) is 3.50. The average Bonchev–Trinajstić information content (AvgIpc) is 2.95. The molecule has 1 heterocycles. The van der Waals surface area contributed by atoms with Crippen LogP contribution in [0, 0.1) is 0 Å². The predicted octanol–water partition coefficient (Wildman–Crippen LogP) is 4.88. The molecule has 0 radical (unpaired) electrons. The Kier molecular flexibility index (Phi) is 5.50. The fourth-order valence-electron chi connectivity index (χ4n) is 2.27. The van der Waals surface area contributed by atoms with Crippen molar-refractivity contribution in [3.05, 3.63) is 68.7 Å². The van der Waals surface area contributed by atoms with Crippen molar-refractivity contribution in [1.82, 2.24) is 4.68 Å². The van der Waals surface area contributed by atoms with Crippen LogP contribution in [0.15, 0.2) is 68.5 Å². The minimum atomic E-state index is 0.179. The summed E-state index contributed by atoms with van der Waals surface area (Å²) >= 11 is 5.03. The third-order valence-corrected chi connectivity index (χ3v) is 4.75. The van der Waals surface area contributed by atoms with Crippen molar-refractivity contribution in [2.75, 3.05) is 0 Å². The first-order chi connectivity index (χ1) is 12.0. The van der Waals surface area contributed by atoms with Crippen molar-refractivity contribution in [2.45, 2.75) is 19.9 Å². The molecule has 0 saturated heterocycles. The minimum Gasteiger partial charge on any atom is -0.508 e. The molecular formula is C19H18BrN3OS. The van der Waals surface area contributed by atoms with Gasteiger partial charge in [-0.2, -0.15) is 5.10 Å². The highest BCUT2D eigenvalue weighted by Gasteiger charge is 2.08. The van der Waals surface area contributed by atoms with Crippen LogP contribution in [-0.2, 0) is 0 Å². The summed E-state index contributed by atoms with van der Waals surface area (Å²) in [6.45, 7) is 4.09. The summed E-state index contributed by atoms with van der Waals surface area (Å²) in [5.41, 5.74) is 2.88. The van der Waals surface area contributed by atoms with Gasteiger partial charge in [-0.05, 0) is 43.7 Å². The van der Waals surface area contributed by atoms with Crippen LogP contribution in [0.25, 0.3) is 11.3 Å². The summed E-state index contributed by atoms with van der Waals surface area (Å²) in [7, 11) is 0. The lowest BCUT2D eigenvalue weighted by Crippen LogP contribution is -2.14. The molecule has 0 aliphatic rings. The van der Waals surface area contributed by atoms with E-state index in [0.29, 0.717) is 0 Å². The molecule has 0 amide bonds. The molecular weight excluding hydrogens is 398 g/mol. The molecule has 0 atom stereocenters. The van der Waals surface area contributed by atoms with Crippen LogP contribution in [-0.4, -0.2) is 22.0 Å². The van der Waals surface area contributed by atoms with Crippen molar-refractivity contribution < 1.29 is 5.11 Å². The third-order valence-electron chi connectivity index (χ3n) is 3.39. The Hall–Kier alpha value is -2.18. The molecule has 0 fully saturated rings. The zero-order valence-electron chi connectivity index (χ0n) is 13.9. The number of hydrogen-bond acceptors (Lipinski definition) is 4. The molecule has 6 heteroatoms. The molecule has 0 aliphatic heterocycles.